The number of fused-ring (bicyclic) bond motifs is 1. The number of furan rings is 2. The molecule has 0 unspecified atom stereocenters. The van der Waals surface area contributed by atoms with Gasteiger partial charge in [0.25, 0.3) is 15.9 Å². The van der Waals surface area contributed by atoms with Gasteiger partial charge in [-0.2, -0.15) is 0 Å². The lowest BCUT2D eigenvalue weighted by atomic mass is 10.1. The minimum Gasteiger partial charge on any atom is -0.467 e. The molecule has 3 aromatic carbocycles. The van der Waals surface area contributed by atoms with Crippen molar-refractivity contribution < 1.29 is 31.6 Å². The van der Waals surface area contributed by atoms with Gasteiger partial charge in [0.05, 0.1) is 40.6 Å². The number of amides is 1. The third kappa shape index (κ3) is 7.53. The van der Waals surface area contributed by atoms with Gasteiger partial charge in [0.2, 0.25) is 5.76 Å². The molecule has 5 aromatic rings. The van der Waals surface area contributed by atoms with Gasteiger partial charge in [-0.05, 0) is 94.3 Å². The molecule has 0 aliphatic rings. The number of esters is 1. The summed E-state index contributed by atoms with van der Waals surface area (Å²) < 4.78 is 47.1. The molecule has 0 aliphatic heterocycles. The van der Waals surface area contributed by atoms with Crippen molar-refractivity contribution in [1.29, 1.82) is 0 Å². The number of nitrogens with zero attached hydrogens (tertiary/aromatic N) is 3. The summed E-state index contributed by atoms with van der Waals surface area (Å²) in [5.41, 5.74) is 3.10. The zero-order valence-electron chi connectivity index (χ0n) is 28.9. The lowest BCUT2D eigenvalue weighted by Gasteiger charge is -2.31. The van der Waals surface area contributed by atoms with E-state index in [-0.39, 0.29) is 42.8 Å². The number of halogens is 1. The molecule has 0 bridgehead atoms. The Hall–Kier alpha value is -4.74. The summed E-state index contributed by atoms with van der Waals surface area (Å²) in [4.78, 5) is 30.4. The second-order valence-corrected chi connectivity index (χ2v) is 14.0. The molecule has 0 fully saturated rings. The SMILES string of the molecule is CCCN(CC)c1ccc(CN(Cc2ccco2)C(=O)c2ccccc2Cl)c(N(CC)S(=O)(=O)c2ccc3oc(C(=O)OCC)c(C)c3c2)c1. The highest BCUT2D eigenvalue weighted by Gasteiger charge is 2.30. The Kier molecular flexibility index (Phi) is 11.6. The summed E-state index contributed by atoms with van der Waals surface area (Å²) in [5.74, 6) is -0.337. The fourth-order valence-corrected chi connectivity index (χ4v) is 7.75. The van der Waals surface area contributed by atoms with E-state index in [1.54, 1.807) is 74.4 Å². The third-order valence-electron chi connectivity index (χ3n) is 8.50. The minimum atomic E-state index is -4.17. The third-order valence-corrected chi connectivity index (χ3v) is 10.7. The van der Waals surface area contributed by atoms with E-state index in [2.05, 4.69) is 18.7 Å². The fourth-order valence-electron chi connectivity index (χ4n) is 6.00. The summed E-state index contributed by atoms with van der Waals surface area (Å²) in [6.07, 6.45) is 2.45. The van der Waals surface area contributed by atoms with Crippen molar-refractivity contribution in [3.63, 3.8) is 0 Å². The number of carbonyl (C=O) groups excluding carboxylic acids is 2. The molecule has 0 radical (unpaired) electrons. The number of rotatable bonds is 15. The highest BCUT2D eigenvalue weighted by Crippen LogP contribution is 2.35. The summed E-state index contributed by atoms with van der Waals surface area (Å²) >= 11 is 6.47. The number of anilines is 2. The lowest BCUT2D eigenvalue weighted by molar-refractivity contribution is 0.0491. The first-order valence-electron chi connectivity index (χ1n) is 16.7. The van der Waals surface area contributed by atoms with E-state index >= 15 is 0 Å². The highest BCUT2D eigenvalue weighted by molar-refractivity contribution is 7.92. The first-order valence-corrected chi connectivity index (χ1v) is 18.5. The molecular weight excluding hydrogens is 678 g/mol. The smallest absolute Gasteiger partial charge is 0.374 e. The molecule has 0 spiro atoms. The van der Waals surface area contributed by atoms with Gasteiger partial charge in [0.15, 0.2) is 0 Å². The first-order chi connectivity index (χ1) is 24.0. The van der Waals surface area contributed by atoms with Crippen LogP contribution in [0.4, 0.5) is 11.4 Å². The Balaban J connectivity index is 1.62. The van der Waals surface area contributed by atoms with Gasteiger partial charge < -0.3 is 23.4 Å². The van der Waals surface area contributed by atoms with E-state index < -0.39 is 16.0 Å². The monoisotopic (exact) mass is 719 g/mol. The van der Waals surface area contributed by atoms with Crippen molar-refractivity contribution in [3.8, 4) is 0 Å². The average molecular weight is 720 g/mol. The van der Waals surface area contributed by atoms with Crippen LogP contribution < -0.4 is 9.21 Å². The molecule has 264 valence electrons. The molecule has 0 N–H and O–H groups in total. The predicted octanol–water partition coefficient (Wildman–Crippen LogP) is 8.46. The van der Waals surface area contributed by atoms with E-state index in [4.69, 9.17) is 25.2 Å². The van der Waals surface area contributed by atoms with E-state index in [0.717, 1.165) is 25.2 Å². The molecule has 2 heterocycles. The van der Waals surface area contributed by atoms with Crippen molar-refractivity contribution in [2.75, 3.05) is 35.4 Å². The normalized spacial score (nSPS) is 11.5. The quantitative estimate of drug-likeness (QED) is 0.0991. The van der Waals surface area contributed by atoms with Gasteiger partial charge in [0, 0.05) is 42.8 Å². The second kappa shape index (κ2) is 15.9. The predicted molar refractivity (Wildman–Crippen MR) is 195 cm³/mol. The van der Waals surface area contributed by atoms with Crippen molar-refractivity contribution in [2.45, 2.75) is 59.0 Å². The van der Waals surface area contributed by atoms with Gasteiger partial charge in [-0.1, -0.05) is 36.7 Å². The van der Waals surface area contributed by atoms with Crippen LogP contribution in [-0.2, 0) is 27.8 Å². The maximum atomic E-state index is 14.6. The molecule has 1 amide bonds. The number of ether oxygens (including phenoxy) is 1. The van der Waals surface area contributed by atoms with Gasteiger partial charge in [-0.25, -0.2) is 13.2 Å². The van der Waals surface area contributed by atoms with E-state index in [1.807, 2.05) is 18.2 Å². The molecule has 12 heteroatoms. The van der Waals surface area contributed by atoms with Crippen molar-refractivity contribution in [2.24, 2.45) is 0 Å². The van der Waals surface area contributed by atoms with Crippen LogP contribution in [0.3, 0.4) is 0 Å². The lowest BCUT2D eigenvalue weighted by Crippen LogP contribution is -2.34. The van der Waals surface area contributed by atoms with Crippen LogP contribution in [0.1, 0.15) is 71.9 Å². The standard InChI is InChI=1S/C38H42ClN3O7S/c1-6-20-40(7-2)28-17-16-27(24-41(25-29-13-12-21-48-29)37(43)31-14-10-11-15-33(31)39)34(22-28)42(8-3)50(45,46)30-18-19-35-32(23-30)26(5)36(49-35)38(44)47-9-4/h10-19,21-23H,6-9,20,24-25H2,1-5H3. The van der Waals surface area contributed by atoms with Crippen LogP contribution in [0.2, 0.25) is 5.02 Å². The summed E-state index contributed by atoms with van der Waals surface area (Å²) in [6, 6.07) is 20.6. The fraction of sp³-hybridized carbons (Fsp3) is 0.316. The zero-order valence-corrected chi connectivity index (χ0v) is 30.5. The number of sulfonamides is 1. The minimum absolute atomic E-state index is 0.0306. The Bertz CT molecular complexity index is 2080. The van der Waals surface area contributed by atoms with Crippen molar-refractivity contribution in [3.05, 3.63) is 112 Å². The molecule has 2 aromatic heterocycles. The van der Waals surface area contributed by atoms with Crippen molar-refractivity contribution in [1.82, 2.24) is 4.90 Å². The van der Waals surface area contributed by atoms with Crippen LogP contribution in [0.25, 0.3) is 11.0 Å². The number of benzene rings is 3. The second-order valence-electron chi connectivity index (χ2n) is 11.7. The number of carbonyl (C=O) groups is 2. The largest absolute Gasteiger partial charge is 0.467 e. The maximum absolute atomic E-state index is 14.6. The molecule has 0 saturated heterocycles. The summed E-state index contributed by atoms with van der Waals surface area (Å²) in [6.45, 7) is 11.3. The van der Waals surface area contributed by atoms with Gasteiger partial charge in [-0.3, -0.25) is 9.10 Å². The van der Waals surface area contributed by atoms with Crippen LogP contribution in [-0.4, -0.2) is 51.4 Å². The zero-order chi connectivity index (χ0) is 36.0. The topological polar surface area (TPSA) is 114 Å². The summed E-state index contributed by atoms with van der Waals surface area (Å²) in [7, 11) is -4.17. The molecular formula is C38H42ClN3O7S. The Morgan fingerprint density at radius 1 is 0.900 bits per heavy atom. The van der Waals surface area contributed by atoms with Crippen molar-refractivity contribution >= 4 is 55.8 Å². The van der Waals surface area contributed by atoms with Crippen LogP contribution in [0.15, 0.2) is 92.8 Å². The number of hydrogen-bond acceptors (Lipinski definition) is 8. The van der Waals surface area contributed by atoms with Gasteiger partial charge >= 0.3 is 5.97 Å². The Morgan fingerprint density at radius 2 is 1.68 bits per heavy atom. The Morgan fingerprint density at radius 3 is 2.34 bits per heavy atom. The number of hydrogen-bond donors (Lipinski definition) is 0. The molecule has 0 atom stereocenters. The molecule has 0 aliphatic carbocycles. The summed E-state index contributed by atoms with van der Waals surface area (Å²) in [5, 5.41) is 0.804. The highest BCUT2D eigenvalue weighted by atomic mass is 35.5. The van der Waals surface area contributed by atoms with Crippen LogP contribution in [0, 0.1) is 6.92 Å². The molecule has 10 nitrogen and oxygen atoms in total. The van der Waals surface area contributed by atoms with E-state index in [9.17, 15) is 18.0 Å². The van der Waals surface area contributed by atoms with Crippen LogP contribution in [0.5, 0.6) is 0 Å². The molecule has 0 saturated carbocycles. The Labute approximate surface area is 298 Å². The molecule has 50 heavy (non-hydrogen) atoms. The van der Waals surface area contributed by atoms with Gasteiger partial charge in [0.1, 0.15) is 11.3 Å². The maximum Gasteiger partial charge on any atom is 0.374 e. The van der Waals surface area contributed by atoms with Gasteiger partial charge in [-0.15, -0.1) is 0 Å². The first kappa shape index (κ1) is 36.5. The average Bonchev–Trinajstić information content (AvgIpc) is 3.75. The van der Waals surface area contributed by atoms with E-state index in [1.165, 1.54) is 16.4 Å². The molecule has 5 rings (SSSR count). The number of aryl methyl sites for hydroxylation is 1. The van der Waals surface area contributed by atoms with Crippen LogP contribution >= 0.6 is 11.6 Å². The van der Waals surface area contributed by atoms with E-state index in [0.29, 0.717) is 44.1 Å².